The van der Waals surface area contributed by atoms with Gasteiger partial charge in [-0.1, -0.05) is 42.5 Å². The molecule has 0 aliphatic rings. The lowest BCUT2D eigenvalue weighted by Gasteiger charge is -2.09. The summed E-state index contributed by atoms with van der Waals surface area (Å²) in [5.41, 5.74) is 3.92. The quantitative estimate of drug-likeness (QED) is 0.755. The van der Waals surface area contributed by atoms with Gasteiger partial charge in [-0.3, -0.25) is 0 Å². The highest BCUT2D eigenvalue weighted by atomic mass is 16.5. The molecule has 0 saturated heterocycles. The Bertz CT molecular complexity index is 474. The minimum atomic E-state index is 0.927. The van der Waals surface area contributed by atoms with E-state index in [4.69, 9.17) is 4.74 Å². The third-order valence-corrected chi connectivity index (χ3v) is 2.83. The van der Waals surface area contributed by atoms with Crippen LogP contribution in [-0.4, -0.2) is 7.11 Å². The lowest BCUT2D eigenvalue weighted by Crippen LogP contribution is -1.95. The molecule has 0 spiro atoms. The molecule has 0 aromatic heterocycles. The predicted molar refractivity (Wildman–Crippen MR) is 67.0 cm³/mol. The summed E-state index contributed by atoms with van der Waals surface area (Å²) in [5, 5.41) is 0. The number of hydrogen-bond acceptors (Lipinski definition) is 1. The first-order valence-corrected chi connectivity index (χ1v) is 5.47. The maximum Gasteiger partial charge on any atom is 0.122 e. The van der Waals surface area contributed by atoms with Gasteiger partial charge in [0.2, 0.25) is 0 Å². The molecular formula is C15H16O. The van der Waals surface area contributed by atoms with Gasteiger partial charge in [-0.05, 0) is 29.7 Å². The molecule has 0 aliphatic carbocycles. The van der Waals surface area contributed by atoms with Gasteiger partial charge < -0.3 is 4.74 Å². The normalized spacial score (nSPS) is 10.1. The Kier molecular flexibility index (Phi) is 3.25. The SMILES string of the molecule is COc1ccccc1Cc1ccccc1C. The van der Waals surface area contributed by atoms with E-state index < -0.39 is 0 Å². The van der Waals surface area contributed by atoms with E-state index in [0.717, 1.165) is 12.2 Å². The maximum atomic E-state index is 5.36. The van der Waals surface area contributed by atoms with E-state index in [-0.39, 0.29) is 0 Å². The van der Waals surface area contributed by atoms with Crippen molar-refractivity contribution in [1.82, 2.24) is 0 Å². The van der Waals surface area contributed by atoms with Crippen LogP contribution in [0.4, 0.5) is 0 Å². The van der Waals surface area contributed by atoms with Gasteiger partial charge in [0.25, 0.3) is 0 Å². The molecule has 0 saturated carbocycles. The highest BCUT2D eigenvalue weighted by molar-refractivity contribution is 5.39. The molecule has 0 aliphatic heterocycles. The van der Waals surface area contributed by atoms with E-state index in [1.165, 1.54) is 16.7 Å². The molecule has 2 rings (SSSR count). The Morgan fingerprint density at radius 2 is 1.50 bits per heavy atom. The summed E-state index contributed by atoms with van der Waals surface area (Å²) >= 11 is 0. The summed E-state index contributed by atoms with van der Waals surface area (Å²) in [6, 6.07) is 16.6. The van der Waals surface area contributed by atoms with Gasteiger partial charge in [0.1, 0.15) is 5.75 Å². The van der Waals surface area contributed by atoms with Crippen LogP contribution in [0.2, 0.25) is 0 Å². The number of ether oxygens (including phenoxy) is 1. The standard InChI is InChI=1S/C15H16O/c1-12-7-3-4-8-13(12)11-14-9-5-6-10-15(14)16-2/h3-10H,11H2,1-2H3. The van der Waals surface area contributed by atoms with Gasteiger partial charge in [0.15, 0.2) is 0 Å². The molecule has 0 N–H and O–H groups in total. The van der Waals surface area contributed by atoms with E-state index in [9.17, 15) is 0 Å². The Morgan fingerprint density at radius 3 is 2.19 bits per heavy atom. The molecule has 0 atom stereocenters. The lowest BCUT2D eigenvalue weighted by atomic mass is 10.0. The van der Waals surface area contributed by atoms with Crippen LogP contribution in [-0.2, 0) is 6.42 Å². The van der Waals surface area contributed by atoms with Gasteiger partial charge >= 0.3 is 0 Å². The van der Waals surface area contributed by atoms with E-state index in [1.807, 2.05) is 12.1 Å². The van der Waals surface area contributed by atoms with Crippen molar-refractivity contribution in [3.63, 3.8) is 0 Å². The highest BCUT2D eigenvalue weighted by Gasteiger charge is 2.04. The largest absolute Gasteiger partial charge is 0.496 e. The van der Waals surface area contributed by atoms with E-state index in [2.05, 4.69) is 43.3 Å². The average molecular weight is 212 g/mol. The second kappa shape index (κ2) is 4.84. The summed E-state index contributed by atoms with van der Waals surface area (Å²) < 4.78 is 5.36. The van der Waals surface area contributed by atoms with Crippen LogP contribution in [0.15, 0.2) is 48.5 Å². The fourth-order valence-electron chi connectivity index (χ4n) is 1.86. The molecular weight excluding hydrogens is 196 g/mol. The lowest BCUT2D eigenvalue weighted by molar-refractivity contribution is 0.410. The molecule has 2 aromatic carbocycles. The van der Waals surface area contributed by atoms with E-state index in [1.54, 1.807) is 7.11 Å². The second-order valence-corrected chi connectivity index (χ2v) is 3.92. The van der Waals surface area contributed by atoms with Crippen molar-refractivity contribution in [2.75, 3.05) is 7.11 Å². The molecule has 0 unspecified atom stereocenters. The third kappa shape index (κ3) is 2.25. The smallest absolute Gasteiger partial charge is 0.122 e. The van der Waals surface area contributed by atoms with Gasteiger partial charge in [-0.2, -0.15) is 0 Å². The number of rotatable bonds is 3. The summed E-state index contributed by atoms with van der Waals surface area (Å²) in [5.74, 6) is 0.964. The first kappa shape index (κ1) is 10.7. The summed E-state index contributed by atoms with van der Waals surface area (Å²) in [6.45, 7) is 2.14. The molecule has 1 heteroatoms. The third-order valence-electron chi connectivity index (χ3n) is 2.83. The average Bonchev–Trinajstić information content (AvgIpc) is 2.33. The zero-order chi connectivity index (χ0) is 11.4. The fourth-order valence-corrected chi connectivity index (χ4v) is 1.86. The Labute approximate surface area is 96.7 Å². The first-order chi connectivity index (χ1) is 7.81. The van der Waals surface area contributed by atoms with Crippen LogP contribution in [0.25, 0.3) is 0 Å². The van der Waals surface area contributed by atoms with Crippen molar-refractivity contribution in [2.24, 2.45) is 0 Å². The van der Waals surface area contributed by atoms with Gasteiger partial charge in [0, 0.05) is 6.42 Å². The van der Waals surface area contributed by atoms with Crippen molar-refractivity contribution in [3.05, 3.63) is 65.2 Å². The number of para-hydroxylation sites is 1. The minimum Gasteiger partial charge on any atom is -0.496 e. The Hall–Kier alpha value is -1.76. The molecule has 1 nitrogen and oxygen atoms in total. The van der Waals surface area contributed by atoms with Crippen LogP contribution in [0, 0.1) is 6.92 Å². The summed E-state index contributed by atoms with van der Waals surface area (Å²) in [4.78, 5) is 0. The van der Waals surface area contributed by atoms with Crippen LogP contribution in [0.5, 0.6) is 5.75 Å². The Balaban J connectivity index is 2.30. The zero-order valence-corrected chi connectivity index (χ0v) is 9.73. The number of benzene rings is 2. The van der Waals surface area contributed by atoms with Crippen molar-refractivity contribution in [3.8, 4) is 5.75 Å². The van der Waals surface area contributed by atoms with Crippen LogP contribution < -0.4 is 4.74 Å². The molecule has 0 amide bonds. The van der Waals surface area contributed by atoms with Crippen LogP contribution in [0.3, 0.4) is 0 Å². The zero-order valence-electron chi connectivity index (χ0n) is 9.73. The molecule has 16 heavy (non-hydrogen) atoms. The van der Waals surface area contributed by atoms with Gasteiger partial charge in [0.05, 0.1) is 7.11 Å². The fraction of sp³-hybridized carbons (Fsp3) is 0.200. The van der Waals surface area contributed by atoms with Crippen molar-refractivity contribution in [1.29, 1.82) is 0 Å². The van der Waals surface area contributed by atoms with Crippen molar-refractivity contribution >= 4 is 0 Å². The minimum absolute atomic E-state index is 0.927. The number of aryl methyl sites for hydroxylation is 1. The molecule has 0 bridgehead atoms. The van der Waals surface area contributed by atoms with Crippen LogP contribution >= 0.6 is 0 Å². The van der Waals surface area contributed by atoms with Gasteiger partial charge in [-0.15, -0.1) is 0 Å². The molecule has 82 valence electrons. The first-order valence-electron chi connectivity index (χ1n) is 5.47. The van der Waals surface area contributed by atoms with Crippen LogP contribution in [0.1, 0.15) is 16.7 Å². The van der Waals surface area contributed by atoms with Gasteiger partial charge in [-0.25, -0.2) is 0 Å². The topological polar surface area (TPSA) is 9.23 Å². The van der Waals surface area contributed by atoms with Crippen molar-refractivity contribution < 1.29 is 4.74 Å². The molecule has 0 heterocycles. The summed E-state index contributed by atoms with van der Waals surface area (Å²) in [6.07, 6.45) is 0.927. The number of methoxy groups -OCH3 is 1. The highest BCUT2D eigenvalue weighted by Crippen LogP contribution is 2.22. The number of hydrogen-bond donors (Lipinski definition) is 0. The monoisotopic (exact) mass is 212 g/mol. The van der Waals surface area contributed by atoms with Crippen molar-refractivity contribution in [2.45, 2.75) is 13.3 Å². The molecule has 0 radical (unpaired) electrons. The van der Waals surface area contributed by atoms with E-state index >= 15 is 0 Å². The predicted octanol–water partition coefficient (Wildman–Crippen LogP) is 3.59. The molecule has 2 aromatic rings. The van der Waals surface area contributed by atoms with E-state index in [0.29, 0.717) is 0 Å². The Morgan fingerprint density at radius 1 is 0.875 bits per heavy atom. The summed E-state index contributed by atoms with van der Waals surface area (Å²) in [7, 11) is 1.72. The second-order valence-electron chi connectivity index (χ2n) is 3.92. The maximum absolute atomic E-state index is 5.36. The molecule has 0 fully saturated rings.